The molecule has 0 unspecified atom stereocenters. The molecule has 1 saturated carbocycles. The van der Waals surface area contributed by atoms with Crippen molar-refractivity contribution in [3.8, 4) is 11.4 Å². The van der Waals surface area contributed by atoms with Crippen LogP contribution in [0.25, 0.3) is 11.4 Å². The van der Waals surface area contributed by atoms with Crippen molar-refractivity contribution in [2.24, 2.45) is 0 Å². The highest BCUT2D eigenvalue weighted by molar-refractivity contribution is 9.10. The molecule has 1 aromatic carbocycles. The van der Waals surface area contributed by atoms with Crippen LogP contribution in [0, 0.1) is 6.92 Å². The smallest absolute Gasteiger partial charge is 0.398 e. The fourth-order valence-electron chi connectivity index (χ4n) is 3.11. The predicted molar refractivity (Wildman–Crippen MR) is 99.5 cm³/mol. The van der Waals surface area contributed by atoms with Crippen LogP contribution in [0.2, 0.25) is 0 Å². The first-order chi connectivity index (χ1) is 13.3. The Labute approximate surface area is 167 Å². The summed E-state index contributed by atoms with van der Waals surface area (Å²) in [5, 5.41) is 7.76. The third-order valence-electron chi connectivity index (χ3n) is 4.79. The van der Waals surface area contributed by atoms with E-state index in [9.17, 15) is 13.2 Å². The lowest BCUT2D eigenvalue weighted by molar-refractivity contribution is -0.142. The molecule has 0 spiro atoms. The molecule has 0 saturated heterocycles. The summed E-state index contributed by atoms with van der Waals surface area (Å²) in [6.45, 7) is 2.08. The van der Waals surface area contributed by atoms with Crippen LogP contribution in [-0.2, 0) is 19.1 Å². The minimum Gasteiger partial charge on any atom is -0.398 e. The van der Waals surface area contributed by atoms with E-state index in [2.05, 4.69) is 31.2 Å². The standard InChI is InChI=1S/C18H17BrF3N5O/c1-9-11(3-2-4-12(9)23)17-24-13(28-26-17)7-8-27-15(10-5-6-10)14(19)16(25-27)18(20,21)22/h2-4,10H,5-8,23H2,1H3. The van der Waals surface area contributed by atoms with E-state index in [-0.39, 0.29) is 23.4 Å². The molecule has 10 heteroatoms. The van der Waals surface area contributed by atoms with E-state index in [1.54, 1.807) is 12.1 Å². The van der Waals surface area contributed by atoms with Crippen LogP contribution in [0.15, 0.2) is 27.2 Å². The Kier molecular flexibility index (Phi) is 4.68. The lowest BCUT2D eigenvalue weighted by atomic mass is 10.1. The summed E-state index contributed by atoms with van der Waals surface area (Å²) in [7, 11) is 0. The van der Waals surface area contributed by atoms with Gasteiger partial charge in [0.2, 0.25) is 11.7 Å². The highest BCUT2D eigenvalue weighted by atomic mass is 79.9. The summed E-state index contributed by atoms with van der Waals surface area (Å²) in [6, 6.07) is 5.42. The van der Waals surface area contributed by atoms with Gasteiger partial charge in [-0.1, -0.05) is 17.3 Å². The Hall–Kier alpha value is -2.36. The van der Waals surface area contributed by atoms with E-state index in [0.717, 1.165) is 24.0 Å². The van der Waals surface area contributed by atoms with Gasteiger partial charge in [-0.3, -0.25) is 4.68 Å². The number of nitrogens with two attached hydrogens (primary N) is 1. The second-order valence-corrected chi connectivity index (χ2v) is 7.62. The van der Waals surface area contributed by atoms with Crippen LogP contribution in [-0.4, -0.2) is 19.9 Å². The van der Waals surface area contributed by atoms with E-state index >= 15 is 0 Å². The van der Waals surface area contributed by atoms with Crippen LogP contribution in [0.1, 0.15) is 41.6 Å². The molecule has 1 aliphatic carbocycles. The Morgan fingerprint density at radius 2 is 2.07 bits per heavy atom. The highest BCUT2D eigenvalue weighted by Crippen LogP contribution is 2.47. The molecule has 0 amide bonds. The second-order valence-electron chi connectivity index (χ2n) is 6.82. The van der Waals surface area contributed by atoms with Crippen molar-refractivity contribution in [2.75, 3.05) is 5.73 Å². The zero-order valence-corrected chi connectivity index (χ0v) is 16.5. The van der Waals surface area contributed by atoms with Crippen molar-refractivity contribution in [1.82, 2.24) is 19.9 Å². The maximum absolute atomic E-state index is 13.2. The van der Waals surface area contributed by atoms with Crippen LogP contribution in [0.4, 0.5) is 18.9 Å². The molecule has 28 heavy (non-hydrogen) atoms. The molecule has 0 aliphatic heterocycles. The number of anilines is 1. The first kappa shape index (κ1) is 19.0. The number of halogens is 4. The quantitative estimate of drug-likeness (QED) is 0.562. The summed E-state index contributed by atoms with van der Waals surface area (Å²) in [6.07, 6.45) is -2.50. The van der Waals surface area contributed by atoms with Gasteiger partial charge in [0.15, 0.2) is 5.69 Å². The lowest BCUT2D eigenvalue weighted by Crippen LogP contribution is -2.10. The Morgan fingerprint density at radius 3 is 2.75 bits per heavy atom. The van der Waals surface area contributed by atoms with E-state index in [1.165, 1.54) is 4.68 Å². The van der Waals surface area contributed by atoms with Gasteiger partial charge in [-0.2, -0.15) is 23.3 Å². The molecule has 1 aliphatic rings. The number of nitrogen functional groups attached to an aromatic ring is 1. The molecule has 2 heterocycles. The minimum absolute atomic E-state index is 0.0316. The van der Waals surface area contributed by atoms with Gasteiger partial charge >= 0.3 is 6.18 Å². The molecule has 6 nitrogen and oxygen atoms in total. The Bertz CT molecular complexity index is 1020. The summed E-state index contributed by atoms with van der Waals surface area (Å²) in [5.41, 5.74) is 7.82. The van der Waals surface area contributed by atoms with Crippen molar-refractivity contribution in [1.29, 1.82) is 0 Å². The molecule has 2 aromatic heterocycles. The van der Waals surface area contributed by atoms with Gasteiger partial charge in [0, 0.05) is 23.6 Å². The average Bonchev–Trinajstić information content (AvgIpc) is 3.24. The third kappa shape index (κ3) is 3.52. The number of rotatable bonds is 5. The number of hydrogen-bond acceptors (Lipinski definition) is 5. The zero-order valence-electron chi connectivity index (χ0n) is 14.9. The van der Waals surface area contributed by atoms with Gasteiger partial charge in [0.25, 0.3) is 0 Å². The fourth-order valence-corrected chi connectivity index (χ4v) is 3.95. The normalized spacial score (nSPS) is 14.6. The summed E-state index contributed by atoms with van der Waals surface area (Å²) in [4.78, 5) is 4.36. The monoisotopic (exact) mass is 455 g/mol. The van der Waals surface area contributed by atoms with Gasteiger partial charge in [-0.05, 0) is 47.3 Å². The number of nitrogens with zero attached hydrogens (tertiary/aromatic N) is 4. The summed E-state index contributed by atoms with van der Waals surface area (Å²) < 4.78 is 46.3. The van der Waals surface area contributed by atoms with Crippen LogP contribution in [0.3, 0.4) is 0 Å². The topological polar surface area (TPSA) is 82.8 Å². The van der Waals surface area contributed by atoms with Crippen molar-refractivity contribution >= 4 is 21.6 Å². The maximum Gasteiger partial charge on any atom is 0.436 e. The van der Waals surface area contributed by atoms with Crippen LogP contribution < -0.4 is 5.73 Å². The van der Waals surface area contributed by atoms with Crippen molar-refractivity contribution in [3.05, 3.63) is 45.5 Å². The first-order valence-electron chi connectivity index (χ1n) is 8.77. The zero-order chi connectivity index (χ0) is 20.1. The molecule has 1 fully saturated rings. The van der Waals surface area contributed by atoms with Gasteiger partial charge < -0.3 is 10.3 Å². The number of alkyl halides is 3. The average molecular weight is 456 g/mol. The van der Waals surface area contributed by atoms with Crippen LogP contribution >= 0.6 is 15.9 Å². The molecule has 3 aromatic rings. The first-order valence-corrected chi connectivity index (χ1v) is 9.56. The predicted octanol–water partition coefficient (Wildman–Crippen LogP) is 4.73. The van der Waals surface area contributed by atoms with E-state index in [1.807, 2.05) is 13.0 Å². The van der Waals surface area contributed by atoms with E-state index in [0.29, 0.717) is 23.1 Å². The lowest BCUT2D eigenvalue weighted by Gasteiger charge is -2.05. The van der Waals surface area contributed by atoms with Gasteiger partial charge in [0.1, 0.15) is 0 Å². The van der Waals surface area contributed by atoms with Crippen molar-refractivity contribution in [3.63, 3.8) is 0 Å². The number of hydrogen-bond donors (Lipinski definition) is 1. The molecular formula is C18H17BrF3N5O. The van der Waals surface area contributed by atoms with E-state index in [4.69, 9.17) is 10.3 Å². The molecular weight excluding hydrogens is 439 g/mol. The van der Waals surface area contributed by atoms with Gasteiger partial charge in [0.05, 0.1) is 16.7 Å². The third-order valence-corrected chi connectivity index (χ3v) is 5.57. The number of aromatic nitrogens is 4. The fraction of sp³-hybridized carbons (Fsp3) is 0.389. The molecule has 0 bridgehead atoms. The molecule has 4 rings (SSSR count). The largest absolute Gasteiger partial charge is 0.436 e. The Balaban J connectivity index is 1.56. The number of benzene rings is 1. The van der Waals surface area contributed by atoms with Gasteiger partial charge in [-0.25, -0.2) is 0 Å². The van der Waals surface area contributed by atoms with Crippen molar-refractivity contribution < 1.29 is 17.7 Å². The Morgan fingerprint density at radius 1 is 1.32 bits per heavy atom. The minimum atomic E-state index is -4.50. The molecule has 148 valence electrons. The van der Waals surface area contributed by atoms with Crippen molar-refractivity contribution in [2.45, 2.75) is 44.8 Å². The molecule has 0 atom stereocenters. The number of aryl methyl sites for hydroxylation is 2. The van der Waals surface area contributed by atoms with Crippen LogP contribution in [0.5, 0.6) is 0 Å². The maximum atomic E-state index is 13.2. The molecule has 0 radical (unpaired) electrons. The SMILES string of the molecule is Cc1c(N)cccc1-c1noc(CCn2nc(C(F)(F)F)c(Br)c2C2CC2)n1. The van der Waals surface area contributed by atoms with Gasteiger partial charge in [-0.15, -0.1) is 0 Å². The highest BCUT2D eigenvalue weighted by Gasteiger charge is 2.41. The summed E-state index contributed by atoms with van der Waals surface area (Å²) in [5.74, 6) is 0.838. The summed E-state index contributed by atoms with van der Waals surface area (Å²) >= 11 is 3.09. The molecule has 2 N–H and O–H groups in total. The van der Waals surface area contributed by atoms with E-state index < -0.39 is 11.9 Å². The second kappa shape index (κ2) is 6.91.